The highest BCUT2D eigenvalue weighted by Crippen LogP contribution is 2.09. The van der Waals surface area contributed by atoms with Gasteiger partial charge in [-0.05, 0) is 140 Å². The smallest absolute Gasteiger partial charge is 0.0359 e. The fourth-order valence-corrected chi connectivity index (χ4v) is 6.08. The van der Waals surface area contributed by atoms with Crippen molar-refractivity contribution in [2.75, 3.05) is 58.9 Å². The molecule has 0 bridgehead atoms. The van der Waals surface area contributed by atoms with Gasteiger partial charge >= 0.3 is 0 Å². The molecule has 0 aromatic carbocycles. The first-order chi connectivity index (χ1) is 24.8. The Morgan fingerprint density at radius 2 is 0.731 bits per heavy atom. The van der Waals surface area contributed by atoms with Crippen molar-refractivity contribution in [3.05, 3.63) is 85.4 Å². The van der Waals surface area contributed by atoms with Crippen molar-refractivity contribution in [2.45, 2.75) is 151 Å². The van der Waals surface area contributed by atoms with Gasteiger partial charge in [0.15, 0.2) is 0 Å². The SMILES string of the molecule is CC(C)N1C=CC=CC1.CC(C)N1C=CCC1.CC(C)N1C=CCCC1.CC(C)N1CC=CC1.CC(C)N1CC=CCC1.CC(C)N1CC=CCC1. The highest BCUT2D eigenvalue weighted by Gasteiger charge is 2.10. The summed E-state index contributed by atoms with van der Waals surface area (Å²) in [4.78, 5) is 14.4. The van der Waals surface area contributed by atoms with E-state index in [1.807, 2.05) is 0 Å². The lowest BCUT2D eigenvalue weighted by Crippen LogP contribution is -2.33. The lowest BCUT2D eigenvalue weighted by atomic mass is 10.2. The molecule has 0 fully saturated rings. The average Bonchev–Trinajstić information content (AvgIpc) is 3.91. The van der Waals surface area contributed by atoms with Crippen molar-refractivity contribution >= 4 is 0 Å². The third-order valence-electron chi connectivity index (χ3n) is 9.98. The summed E-state index contributed by atoms with van der Waals surface area (Å²) in [6, 6.07) is 4.15. The number of rotatable bonds is 6. The second kappa shape index (κ2) is 28.9. The summed E-state index contributed by atoms with van der Waals surface area (Å²) < 4.78 is 0. The quantitative estimate of drug-likeness (QED) is 0.253. The number of hydrogen-bond donors (Lipinski definition) is 0. The van der Waals surface area contributed by atoms with Crippen LogP contribution in [0.5, 0.6) is 0 Å². The number of hydrogen-bond acceptors (Lipinski definition) is 6. The first-order valence-electron chi connectivity index (χ1n) is 20.9. The molecule has 6 heteroatoms. The van der Waals surface area contributed by atoms with Crippen LogP contribution in [0.2, 0.25) is 0 Å². The Kier molecular flexibility index (Phi) is 26.4. The summed E-state index contributed by atoms with van der Waals surface area (Å²) >= 11 is 0. The van der Waals surface area contributed by atoms with Gasteiger partial charge in [-0.2, -0.15) is 0 Å². The van der Waals surface area contributed by atoms with Crippen molar-refractivity contribution in [3.8, 4) is 0 Å². The number of nitrogens with zero attached hydrogens (tertiary/aromatic N) is 6. The molecule has 0 saturated heterocycles. The molecule has 0 spiro atoms. The fraction of sp³-hybridized carbons (Fsp3) is 0.696. The van der Waals surface area contributed by atoms with Gasteiger partial charge in [0.25, 0.3) is 0 Å². The average molecular weight is 721 g/mol. The van der Waals surface area contributed by atoms with Crippen LogP contribution >= 0.6 is 0 Å². The summed E-state index contributed by atoms with van der Waals surface area (Å²) in [5, 5.41) is 0. The van der Waals surface area contributed by atoms with E-state index in [0.717, 1.165) is 44.8 Å². The van der Waals surface area contributed by atoms with Crippen LogP contribution in [0.25, 0.3) is 0 Å². The van der Waals surface area contributed by atoms with E-state index in [4.69, 9.17) is 0 Å². The zero-order valence-corrected chi connectivity index (χ0v) is 36.1. The Balaban J connectivity index is 0.000000312. The summed E-state index contributed by atoms with van der Waals surface area (Å²) in [5.41, 5.74) is 0. The molecule has 6 rings (SSSR count). The van der Waals surface area contributed by atoms with E-state index in [0.29, 0.717) is 24.2 Å². The molecule has 6 aliphatic heterocycles. The Morgan fingerprint density at radius 1 is 0.308 bits per heavy atom. The van der Waals surface area contributed by atoms with E-state index in [2.05, 4.69) is 198 Å². The van der Waals surface area contributed by atoms with Gasteiger partial charge in [-0.3, -0.25) is 14.7 Å². The highest BCUT2D eigenvalue weighted by molar-refractivity contribution is 5.09. The van der Waals surface area contributed by atoms with Crippen LogP contribution in [-0.4, -0.2) is 125 Å². The molecule has 0 aliphatic carbocycles. The Labute approximate surface area is 324 Å². The molecular formula is C46H84N6. The highest BCUT2D eigenvalue weighted by atomic mass is 15.2. The molecule has 52 heavy (non-hydrogen) atoms. The summed E-state index contributed by atoms with van der Waals surface area (Å²) in [7, 11) is 0. The van der Waals surface area contributed by atoms with Crippen molar-refractivity contribution in [1.29, 1.82) is 0 Å². The van der Waals surface area contributed by atoms with Crippen molar-refractivity contribution in [2.24, 2.45) is 0 Å². The maximum atomic E-state index is 2.47. The van der Waals surface area contributed by atoms with Crippen LogP contribution in [0.1, 0.15) is 115 Å². The first-order valence-corrected chi connectivity index (χ1v) is 20.9. The van der Waals surface area contributed by atoms with Crippen LogP contribution < -0.4 is 0 Å². The Hall–Kier alpha value is -2.54. The minimum atomic E-state index is 0.631. The van der Waals surface area contributed by atoms with Crippen LogP contribution in [-0.2, 0) is 0 Å². The molecule has 0 unspecified atom stereocenters. The predicted molar refractivity (Wildman–Crippen MR) is 233 cm³/mol. The van der Waals surface area contributed by atoms with Gasteiger partial charge in [0.1, 0.15) is 0 Å². The number of allylic oxidation sites excluding steroid dienone is 3. The molecule has 6 heterocycles. The van der Waals surface area contributed by atoms with Gasteiger partial charge in [-0.15, -0.1) is 0 Å². The lowest BCUT2D eigenvalue weighted by Gasteiger charge is -2.27. The molecule has 298 valence electrons. The summed E-state index contributed by atoms with van der Waals surface area (Å²) in [5.74, 6) is 0. The van der Waals surface area contributed by atoms with Gasteiger partial charge in [0.2, 0.25) is 0 Å². The third kappa shape index (κ3) is 22.5. The van der Waals surface area contributed by atoms with Gasteiger partial charge in [-0.1, -0.05) is 60.8 Å². The third-order valence-corrected chi connectivity index (χ3v) is 9.98. The molecule has 0 atom stereocenters. The van der Waals surface area contributed by atoms with E-state index in [9.17, 15) is 0 Å². The minimum absolute atomic E-state index is 0.631. The van der Waals surface area contributed by atoms with Gasteiger partial charge in [-0.25, -0.2) is 0 Å². The van der Waals surface area contributed by atoms with Crippen LogP contribution in [0, 0.1) is 0 Å². The second-order valence-electron chi connectivity index (χ2n) is 16.1. The van der Waals surface area contributed by atoms with E-state index in [-0.39, 0.29) is 0 Å². The van der Waals surface area contributed by atoms with Gasteiger partial charge < -0.3 is 14.7 Å². The molecule has 6 aliphatic rings. The normalized spacial score (nSPS) is 19.8. The Bertz CT molecular complexity index is 1030. The minimum Gasteiger partial charge on any atom is -0.375 e. The summed E-state index contributed by atoms with van der Waals surface area (Å²) in [6.07, 6.45) is 37.1. The van der Waals surface area contributed by atoms with E-state index in [1.54, 1.807) is 0 Å². The van der Waals surface area contributed by atoms with Crippen LogP contribution in [0.3, 0.4) is 0 Å². The zero-order valence-electron chi connectivity index (χ0n) is 36.1. The molecule has 0 N–H and O–H groups in total. The molecular weight excluding hydrogens is 637 g/mol. The van der Waals surface area contributed by atoms with Crippen molar-refractivity contribution < 1.29 is 0 Å². The zero-order chi connectivity index (χ0) is 38.7. The molecule has 0 amide bonds. The fourth-order valence-electron chi connectivity index (χ4n) is 6.08. The topological polar surface area (TPSA) is 19.4 Å². The van der Waals surface area contributed by atoms with E-state index < -0.39 is 0 Å². The maximum absolute atomic E-state index is 2.47. The summed E-state index contributed by atoms with van der Waals surface area (Å²) in [6.45, 7) is 37.4. The first kappa shape index (κ1) is 47.5. The molecule has 0 aromatic rings. The lowest BCUT2D eigenvalue weighted by molar-refractivity contribution is 0.243. The molecule has 0 saturated carbocycles. The molecule has 0 radical (unpaired) electrons. The van der Waals surface area contributed by atoms with Crippen molar-refractivity contribution in [1.82, 2.24) is 29.4 Å². The van der Waals surface area contributed by atoms with Gasteiger partial charge in [0.05, 0.1) is 0 Å². The monoisotopic (exact) mass is 721 g/mol. The van der Waals surface area contributed by atoms with Crippen molar-refractivity contribution in [3.63, 3.8) is 0 Å². The maximum Gasteiger partial charge on any atom is 0.0359 e. The Morgan fingerprint density at radius 3 is 0.981 bits per heavy atom. The van der Waals surface area contributed by atoms with E-state index >= 15 is 0 Å². The standard InChI is InChI=1S/3C8H15N.C8H13N.2C7H13N/c4*1-8(2)9-6-4-3-5-7-9;2*1-7(2)8-5-3-4-6-8/h4,6,8H,3,5,7H2,1-2H3;2*3-4,8H,5-7H2,1-2H3;3-6,8H,7H2,1-2H3;3,5,7H,4,6H2,1-2H3;3-4,7H,5-6H2,1-2H3. The van der Waals surface area contributed by atoms with Crippen LogP contribution in [0.4, 0.5) is 0 Å². The second-order valence-corrected chi connectivity index (χ2v) is 16.1. The predicted octanol–water partition coefficient (Wildman–Crippen LogP) is 9.98. The van der Waals surface area contributed by atoms with Gasteiger partial charge in [0, 0.05) is 95.2 Å². The van der Waals surface area contributed by atoms with E-state index in [1.165, 1.54) is 58.3 Å². The van der Waals surface area contributed by atoms with Crippen LogP contribution in [0.15, 0.2) is 85.4 Å². The molecule has 6 nitrogen and oxygen atoms in total. The molecule has 0 aromatic heterocycles. The largest absolute Gasteiger partial charge is 0.375 e.